The van der Waals surface area contributed by atoms with Crippen LogP contribution in [0.15, 0.2) is 24.3 Å². The van der Waals surface area contributed by atoms with Gasteiger partial charge in [0.1, 0.15) is 11.4 Å². The van der Waals surface area contributed by atoms with Gasteiger partial charge in [0.25, 0.3) is 5.91 Å². The van der Waals surface area contributed by atoms with Gasteiger partial charge < -0.3 is 14.8 Å². The van der Waals surface area contributed by atoms with Gasteiger partial charge in [0.05, 0.1) is 6.61 Å². The Balaban J connectivity index is 2.76. The number of ether oxygens (including phenoxy) is 2. The van der Waals surface area contributed by atoms with E-state index in [1.807, 2.05) is 45.0 Å². The van der Waals surface area contributed by atoms with E-state index in [1.54, 1.807) is 0 Å². The largest absolute Gasteiger partial charge is 0.494 e. The highest BCUT2D eigenvalue weighted by Crippen LogP contribution is 2.24. The molecule has 0 aliphatic rings. The monoisotopic (exact) mass is 293 g/mol. The molecular weight excluding hydrogens is 266 g/mol. The molecule has 1 atom stereocenters. The van der Waals surface area contributed by atoms with Crippen molar-refractivity contribution in [2.45, 2.75) is 46.6 Å². The number of nitrogens with one attached hydrogen (secondary N) is 1. The number of hydrogen-bond acceptors (Lipinski definition) is 3. The quantitative estimate of drug-likeness (QED) is 0.791. The first-order valence-corrected chi connectivity index (χ1v) is 7.59. The van der Waals surface area contributed by atoms with Crippen LogP contribution < -0.4 is 10.1 Å². The molecule has 0 aromatic heterocycles. The molecule has 1 amide bonds. The van der Waals surface area contributed by atoms with Gasteiger partial charge in [0.15, 0.2) is 0 Å². The van der Waals surface area contributed by atoms with Crippen molar-refractivity contribution >= 4 is 11.6 Å². The molecule has 0 unspecified atom stereocenters. The van der Waals surface area contributed by atoms with Crippen LogP contribution >= 0.6 is 0 Å². The van der Waals surface area contributed by atoms with Crippen LogP contribution in [0.2, 0.25) is 0 Å². The Morgan fingerprint density at radius 3 is 2.29 bits per heavy atom. The Hall–Kier alpha value is -1.55. The molecule has 1 aromatic rings. The van der Waals surface area contributed by atoms with Crippen LogP contribution in [0, 0.1) is 5.92 Å². The molecule has 1 aromatic carbocycles. The Labute approximate surface area is 127 Å². The summed E-state index contributed by atoms with van der Waals surface area (Å²) in [5, 5.41) is 2.92. The van der Waals surface area contributed by atoms with E-state index in [1.165, 1.54) is 0 Å². The van der Waals surface area contributed by atoms with Crippen molar-refractivity contribution < 1.29 is 14.3 Å². The van der Waals surface area contributed by atoms with Crippen LogP contribution in [-0.2, 0) is 9.53 Å². The first kappa shape index (κ1) is 17.5. The van der Waals surface area contributed by atoms with Crippen molar-refractivity contribution in [1.82, 2.24) is 0 Å². The molecule has 0 heterocycles. The number of anilines is 1. The molecule has 4 nitrogen and oxygen atoms in total. The van der Waals surface area contributed by atoms with E-state index in [9.17, 15) is 4.79 Å². The van der Waals surface area contributed by atoms with E-state index in [-0.39, 0.29) is 5.91 Å². The number of benzene rings is 1. The van der Waals surface area contributed by atoms with Crippen molar-refractivity contribution in [3.05, 3.63) is 24.3 Å². The van der Waals surface area contributed by atoms with Crippen molar-refractivity contribution in [3.8, 4) is 5.75 Å². The van der Waals surface area contributed by atoms with Crippen LogP contribution in [-0.4, -0.2) is 24.7 Å². The average molecular weight is 293 g/mol. The smallest absolute Gasteiger partial charge is 0.256 e. The molecule has 4 heteroatoms. The van der Waals surface area contributed by atoms with Crippen molar-refractivity contribution in [3.63, 3.8) is 0 Å². The summed E-state index contributed by atoms with van der Waals surface area (Å²) in [6, 6.07) is 7.37. The van der Waals surface area contributed by atoms with Gasteiger partial charge >= 0.3 is 0 Å². The van der Waals surface area contributed by atoms with E-state index < -0.39 is 5.60 Å². The molecule has 21 heavy (non-hydrogen) atoms. The zero-order valence-electron chi connectivity index (χ0n) is 13.7. The Morgan fingerprint density at radius 2 is 1.81 bits per heavy atom. The van der Waals surface area contributed by atoms with E-state index in [0.29, 0.717) is 25.6 Å². The Morgan fingerprint density at radius 1 is 1.19 bits per heavy atom. The summed E-state index contributed by atoms with van der Waals surface area (Å²) in [6.07, 6.45) is 0.684. The van der Waals surface area contributed by atoms with Gasteiger partial charge in [-0.15, -0.1) is 0 Å². The van der Waals surface area contributed by atoms with Crippen LogP contribution in [0.25, 0.3) is 0 Å². The first-order chi connectivity index (χ1) is 9.91. The number of carbonyl (C=O) groups excluding carboxylic acids is 1. The van der Waals surface area contributed by atoms with Gasteiger partial charge in [0.2, 0.25) is 0 Å². The molecule has 0 spiro atoms. The number of carbonyl (C=O) groups is 1. The van der Waals surface area contributed by atoms with Crippen LogP contribution in [0.4, 0.5) is 5.69 Å². The molecule has 0 bridgehead atoms. The molecule has 0 aliphatic carbocycles. The summed E-state index contributed by atoms with van der Waals surface area (Å²) in [5.74, 6) is 1.07. The third-order valence-corrected chi connectivity index (χ3v) is 3.16. The van der Waals surface area contributed by atoms with Crippen molar-refractivity contribution in [2.75, 3.05) is 18.5 Å². The van der Waals surface area contributed by atoms with Gasteiger partial charge in [-0.05, 0) is 57.4 Å². The number of hydrogen-bond donors (Lipinski definition) is 1. The fourth-order valence-corrected chi connectivity index (χ4v) is 2.38. The Bertz CT molecular complexity index is 442. The second kappa shape index (κ2) is 8.03. The van der Waals surface area contributed by atoms with E-state index >= 15 is 0 Å². The minimum Gasteiger partial charge on any atom is -0.494 e. The van der Waals surface area contributed by atoms with Crippen molar-refractivity contribution in [1.29, 1.82) is 0 Å². The molecule has 1 rings (SSSR count). The zero-order chi connectivity index (χ0) is 15.9. The molecule has 118 valence electrons. The summed E-state index contributed by atoms with van der Waals surface area (Å²) in [7, 11) is 0. The highest BCUT2D eigenvalue weighted by atomic mass is 16.5. The third-order valence-electron chi connectivity index (χ3n) is 3.16. The fraction of sp³-hybridized carbons (Fsp3) is 0.588. The molecule has 0 aliphatic heterocycles. The van der Waals surface area contributed by atoms with Crippen LogP contribution in [0.3, 0.4) is 0 Å². The normalized spacial score (nSPS) is 13.8. The lowest BCUT2D eigenvalue weighted by molar-refractivity contribution is -0.140. The predicted octanol–water partition coefficient (Wildman–Crippen LogP) is 3.87. The molecule has 0 saturated carbocycles. The molecule has 0 saturated heterocycles. The minimum absolute atomic E-state index is 0.109. The molecule has 0 fully saturated rings. The molecule has 0 radical (unpaired) electrons. The molecular formula is C17H27NO3. The van der Waals surface area contributed by atoms with Crippen LogP contribution in [0.1, 0.15) is 41.0 Å². The van der Waals surface area contributed by atoms with Gasteiger partial charge in [-0.25, -0.2) is 0 Å². The van der Waals surface area contributed by atoms with Gasteiger partial charge in [-0.2, -0.15) is 0 Å². The topological polar surface area (TPSA) is 47.6 Å². The lowest BCUT2D eigenvalue weighted by Crippen LogP contribution is -2.43. The number of amides is 1. The maximum absolute atomic E-state index is 12.5. The van der Waals surface area contributed by atoms with Crippen LogP contribution in [0.5, 0.6) is 5.75 Å². The predicted molar refractivity (Wildman–Crippen MR) is 85.7 cm³/mol. The summed E-state index contributed by atoms with van der Waals surface area (Å²) in [4.78, 5) is 12.5. The van der Waals surface area contributed by atoms with Crippen molar-refractivity contribution in [2.24, 2.45) is 5.92 Å². The van der Waals surface area contributed by atoms with Gasteiger partial charge in [-0.3, -0.25) is 4.79 Å². The maximum atomic E-state index is 12.5. The summed E-state index contributed by atoms with van der Waals surface area (Å²) in [6.45, 7) is 11.0. The lowest BCUT2D eigenvalue weighted by Gasteiger charge is -2.29. The SMILES string of the molecule is CCOc1ccc(NC(=O)[C@](C)(CC(C)C)OCC)cc1. The first-order valence-electron chi connectivity index (χ1n) is 7.59. The fourth-order valence-electron chi connectivity index (χ4n) is 2.38. The summed E-state index contributed by atoms with van der Waals surface area (Å²) >= 11 is 0. The molecule has 1 N–H and O–H groups in total. The summed E-state index contributed by atoms with van der Waals surface area (Å²) in [5.41, 5.74) is -0.0558. The Kier molecular flexibility index (Phi) is 6.69. The van der Waals surface area contributed by atoms with Gasteiger partial charge in [-0.1, -0.05) is 13.8 Å². The maximum Gasteiger partial charge on any atom is 0.256 e. The highest BCUT2D eigenvalue weighted by Gasteiger charge is 2.34. The average Bonchev–Trinajstić information content (AvgIpc) is 2.40. The standard InChI is InChI=1S/C17H27NO3/c1-6-20-15-10-8-14(9-11-15)18-16(19)17(5,21-7-2)12-13(3)4/h8-11,13H,6-7,12H2,1-5H3,(H,18,19)/t17-/m0/s1. The zero-order valence-corrected chi connectivity index (χ0v) is 13.7. The lowest BCUT2D eigenvalue weighted by atomic mass is 9.93. The highest BCUT2D eigenvalue weighted by molar-refractivity contribution is 5.97. The summed E-state index contributed by atoms with van der Waals surface area (Å²) < 4.78 is 11.1. The second-order valence-corrected chi connectivity index (χ2v) is 5.67. The second-order valence-electron chi connectivity index (χ2n) is 5.67. The minimum atomic E-state index is -0.804. The van der Waals surface area contributed by atoms with E-state index in [2.05, 4.69) is 19.2 Å². The van der Waals surface area contributed by atoms with E-state index in [4.69, 9.17) is 9.47 Å². The van der Waals surface area contributed by atoms with E-state index in [0.717, 1.165) is 11.4 Å². The van der Waals surface area contributed by atoms with Gasteiger partial charge in [0, 0.05) is 12.3 Å². The number of rotatable bonds is 8. The third kappa shape index (κ3) is 5.38.